The highest BCUT2D eigenvalue weighted by Crippen LogP contribution is 2.21. The zero-order chi connectivity index (χ0) is 14.6. The van der Waals surface area contributed by atoms with Crippen molar-refractivity contribution in [3.8, 4) is 0 Å². The zero-order valence-corrected chi connectivity index (χ0v) is 13.3. The van der Waals surface area contributed by atoms with Gasteiger partial charge in [-0.3, -0.25) is 0 Å². The Labute approximate surface area is 117 Å². The van der Waals surface area contributed by atoms with Gasteiger partial charge in [-0.25, -0.2) is 13.1 Å². The first-order valence-electron chi connectivity index (χ1n) is 6.81. The molecule has 1 N–H and O–H groups in total. The van der Waals surface area contributed by atoms with Crippen molar-refractivity contribution in [2.24, 2.45) is 17.8 Å². The first kappa shape index (κ1) is 16.2. The minimum absolute atomic E-state index is 0.346. The highest BCUT2D eigenvalue weighted by atomic mass is 32.2. The van der Waals surface area contributed by atoms with E-state index in [1.165, 1.54) is 0 Å². The third-order valence-electron chi connectivity index (χ3n) is 3.60. The van der Waals surface area contributed by atoms with Crippen LogP contribution in [0.1, 0.15) is 33.3 Å². The van der Waals surface area contributed by atoms with E-state index in [9.17, 15) is 8.42 Å². The second-order valence-corrected chi connectivity index (χ2v) is 7.50. The maximum atomic E-state index is 12.3. The minimum Gasteiger partial charge on any atom is -0.211 e. The number of hydrogen-bond acceptors (Lipinski definition) is 2. The van der Waals surface area contributed by atoms with Crippen LogP contribution in [0.15, 0.2) is 29.2 Å². The summed E-state index contributed by atoms with van der Waals surface area (Å²) in [5, 5.41) is 0. The average molecular weight is 283 g/mol. The Morgan fingerprint density at radius 2 is 1.58 bits per heavy atom. The maximum absolute atomic E-state index is 12.3. The first-order chi connectivity index (χ1) is 8.75. The molecule has 0 fully saturated rings. The molecule has 3 nitrogen and oxygen atoms in total. The second kappa shape index (κ2) is 6.53. The van der Waals surface area contributed by atoms with Gasteiger partial charge in [-0.1, -0.05) is 45.9 Å². The van der Waals surface area contributed by atoms with Crippen molar-refractivity contribution >= 4 is 10.0 Å². The average Bonchev–Trinajstić information content (AvgIpc) is 2.28. The lowest BCUT2D eigenvalue weighted by Gasteiger charge is -2.25. The molecule has 19 heavy (non-hydrogen) atoms. The van der Waals surface area contributed by atoms with Crippen LogP contribution in [0.2, 0.25) is 0 Å². The van der Waals surface area contributed by atoms with Gasteiger partial charge in [0.05, 0.1) is 4.90 Å². The Hall–Kier alpha value is -0.870. The fourth-order valence-corrected chi connectivity index (χ4v) is 3.70. The lowest BCUT2D eigenvalue weighted by molar-refractivity contribution is 0.289. The van der Waals surface area contributed by atoms with E-state index < -0.39 is 10.0 Å². The van der Waals surface area contributed by atoms with Gasteiger partial charge in [0.1, 0.15) is 0 Å². The molecule has 0 heterocycles. The predicted molar refractivity (Wildman–Crippen MR) is 79.5 cm³/mol. The van der Waals surface area contributed by atoms with E-state index in [4.69, 9.17) is 0 Å². The van der Waals surface area contributed by atoms with E-state index in [1.54, 1.807) is 12.1 Å². The quantitative estimate of drug-likeness (QED) is 0.871. The summed E-state index contributed by atoms with van der Waals surface area (Å²) in [6, 6.07) is 7.07. The molecule has 0 bridgehead atoms. The van der Waals surface area contributed by atoms with Crippen LogP contribution in [0.3, 0.4) is 0 Å². The molecular weight excluding hydrogens is 258 g/mol. The summed E-state index contributed by atoms with van der Waals surface area (Å²) in [6.45, 7) is 10.8. The minimum atomic E-state index is -3.40. The summed E-state index contributed by atoms with van der Waals surface area (Å²) < 4.78 is 27.3. The van der Waals surface area contributed by atoms with Crippen molar-refractivity contribution in [2.45, 2.75) is 39.5 Å². The monoisotopic (exact) mass is 283 g/mol. The van der Waals surface area contributed by atoms with Crippen molar-refractivity contribution in [3.63, 3.8) is 0 Å². The van der Waals surface area contributed by atoms with E-state index in [1.807, 2.05) is 19.1 Å². The molecule has 4 heteroatoms. The highest BCUT2D eigenvalue weighted by Gasteiger charge is 2.22. The molecule has 1 rings (SSSR count). The van der Waals surface area contributed by atoms with Gasteiger partial charge in [0.15, 0.2) is 0 Å². The second-order valence-electron chi connectivity index (χ2n) is 5.77. The van der Waals surface area contributed by atoms with E-state index in [0.717, 1.165) is 5.56 Å². The molecule has 0 spiro atoms. The summed E-state index contributed by atoms with van der Waals surface area (Å²) in [5.41, 5.74) is 0.778. The summed E-state index contributed by atoms with van der Waals surface area (Å²) in [5.74, 6) is 1.26. The fraction of sp³-hybridized carbons (Fsp3) is 0.600. The molecule has 0 aliphatic heterocycles. The van der Waals surface area contributed by atoms with E-state index in [-0.39, 0.29) is 0 Å². The standard InChI is InChI=1S/C15H25NO2S/c1-11(2)14(12(3)4)10-16-19(17,18)15-9-7-6-8-13(15)5/h6-9,11-12,14,16H,10H2,1-5H3. The predicted octanol–water partition coefficient (Wildman–Crippen LogP) is 3.20. The molecule has 0 saturated heterocycles. The van der Waals surface area contributed by atoms with Gasteiger partial charge < -0.3 is 0 Å². The Bertz CT molecular complexity index is 499. The Kier molecular flexibility index (Phi) is 5.56. The molecule has 1 aromatic rings. The van der Waals surface area contributed by atoms with Gasteiger partial charge in [0.25, 0.3) is 0 Å². The molecule has 0 radical (unpaired) electrons. The number of hydrogen-bond donors (Lipinski definition) is 1. The van der Waals surface area contributed by atoms with Crippen LogP contribution in [-0.4, -0.2) is 15.0 Å². The van der Waals surface area contributed by atoms with Gasteiger partial charge in [-0.15, -0.1) is 0 Å². The lowest BCUT2D eigenvalue weighted by atomic mass is 9.86. The zero-order valence-electron chi connectivity index (χ0n) is 12.5. The van der Waals surface area contributed by atoms with E-state index in [0.29, 0.717) is 29.2 Å². The first-order valence-corrected chi connectivity index (χ1v) is 8.29. The van der Waals surface area contributed by atoms with Gasteiger partial charge >= 0.3 is 0 Å². The van der Waals surface area contributed by atoms with Crippen LogP contribution in [0.25, 0.3) is 0 Å². The molecule has 0 amide bonds. The Morgan fingerprint density at radius 1 is 1.05 bits per heavy atom. The van der Waals surface area contributed by atoms with Crippen molar-refractivity contribution in [1.82, 2.24) is 4.72 Å². The molecule has 0 unspecified atom stereocenters. The molecule has 0 saturated carbocycles. The molecule has 0 aliphatic carbocycles. The smallest absolute Gasteiger partial charge is 0.211 e. The molecule has 1 aromatic carbocycles. The van der Waals surface area contributed by atoms with Crippen LogP contribution in [-0.2, 0) is 10.0 Å². The largest absolute Gasteiger partial charge is 0.240 e. The molecule has 108 valence electrons. The normalized spacial score (nSPS) is 12.6. The lowest BCUT2D eigenvalue weighted by Crippen LogP contribution is -2.34. The summed E-state index contributed by atoms with van der Waals surface area (Å²) >= 11 is 0. The van der Waals surface area contributed by atoms with Crippen molar-refractivity contribution in [1.29, 1.82) is 0 Å². The number of nitrogens with one attached hydrogen (secondary N) is 1. The van der Waals surface area contributed by atoms with Crippen molar-refractivity contribution < 1.29 is 8.42 Å². The summed E-state index contributed by atoms with van der Waals surface area (Å²) in [4.78, 5) is 0.376. The van der Waals surface area contributed by atoms with Crippen molar-refractivity contribution in [3.05, 3.63) is 29.8 Å². The van der Waals surface area contributed by atoms with Crippen LogP contribution in [0, 0.1) is 24.7 Å². The van der Waals surface area contributed by atoms with Gasteiger partial charge in [-0.05, 0) is 36.3 Å². The van der Waals surface area contributed by atoms with Crippen LogP contribution in [0.5, 0.6) is 0 Å². The number of benzene rings is 1. The van der Waals surface area contributed by atoms with E-state index >= 15 is 0 Å². The maximum Gasteiger partial charge on any atom is 0.240 e. The molecule has 0 aliphatic rings. The third-order valence-corrected chi connectivity index (χ3v) is 5.19. The van der Waals surface area contributed by atoms with Gasteiger partial charge in [-0.2, -0.15) is 0 Å². The van der Waals surface area contributed by atoms with Gasteiger partial charge in [0.2, 0.25) is 10.0 Å². The van der Waals surface area contributed by atoms with Gasteiger partial charge in [0, 0.05) is 6.54 Å². The summed E-state index contributed by atoms with van der Waals surface area (Å²) in [6.07, 6.45) is 0. The van der Waals surface area contributed by atoms with E-state index in [2.05, 4.69) is 32.4 Å². The Balaban J connectivity index is 2.84. The van der Waals surface area contributed by atoms with Crippen molar-refractivity contribution in [2.75, 3.05) is 6.54 Å². The van der Waals surface area contributed by atoms with Crippen LogP contribution in [0.4, 0.5) is 0 Å². The topological polar surface area (TPSA) is 46.2 Å². The van der Waals surface area contributed by atoms with Crippen LogP contribution < -0.4 is 4.72 Å². The number of rotatable bonds is 6. The van der Waals surface area contributed by atoms with Crippen LogP contribution >= 0.6 is 0 Å². The summed E-state index contributed by atoms with van der Waals surface area (Å²) in [7, 11) is -3.40. The SMILES string of the molecule is Cc1ccccc1S(=O)(=O)NCC(C(C)C)C(C)C. The molecular formula is C15H25NO2S. The molecule has 0 atom stereocenters. The third kappa shape index (κ3) is 4.32. The number of aryl methyl sites for hydroxylation is 1. The number of sulfonamides is 1. The fourth-order valence-electron chi connectivity index (χ4n) is 2.38. The highest BCUT2D eigenvalue weighted by molar-refractivity contribution is 7.89. The Morgan fingerprint density at radius 3 is 2.05 bits per heavy atom. The molecule has 0 aromatic heterocycles.